The Labute approximate surface area is 410 Å². The topological polar surface area (TPSA) is 156 Å². The molecule has 6 aliphatic heterocycles. The highest BCUT2D eigenvalue weighted by Crippen LogP contribution is 2.52. The Morgan fingerprint density at radius 3 is 2.21 bits per heavy atom. The summed E-state index contributed by atoms with van der Waals surface area (Å²) in [7, 11) is 0. The predicted molar refractivity (Wildman–Crippen MR) is 268 cm³/mol. The van der Waals surface area contributed by atoms with Crippen molar-refractivity contribution in [2.45, 2.75) is 139 Å². The van der Waals surface area contributed by atoms with Gasteiger partial charge >= 0.3 is 0 Å². The number of carbonyl (C=O) groups is 5. The Morgan fingerprint density at radius 2 is 1.50 bits per heavy atom. The highest BCUT2D eigenvalue weighted by atomic mass is 16.2. The Kier molecular flexibility index (Phi) is 11.7. The van der Waals surface area contributed by atoms with Crippen molar-refractivity contribution < 1.29 is 24.0 Å². The van der Waals surface area contributed by atoms with Crippen LogP contribution in [0.15, 0.2) is 54.9 Å². The van der Waals surface area contributed by atoms with Crippen LogP contribution in [0.5, 0.6) is 0 Å². The number of benzene rings is 2. The van der Waals surface area contributed by atoms with Gasteiger partial charge in [0.2, 0.25) is 29.5 Å². The van der Waals surface area contributed by atoms with Gasteiger partial charge in [-0.15, -0.1) is 0 Å². The van der Waals surface area contributed by atoms with Gasteiger partial charge in [0.05, 0.1) is 34.8 Å². The van der Waals surface area contributed by atoms with Gasteiger partial charge in [-0.25, -0.2) is 9.97 Å². The Hall–Kier alpha value is -5.83. The van der Waals surface area contributed by atoms with Gasteiger partial charge in [-0.2, -0.15) is 0 Å². The average Bonchev–Trinajstić information content (AvgIpc) is 3.75. The molecule has 7 fully saturated rings. The van der Waals surface area contributed by atoms with Crippen molar-refractivity contribution in [1.29, 1.82) is 0 Å². The van der Waals surface area contributed by atoms with Crippen molar-refractivity contribution >= 4 is 57.8 Å². The lowest BCUT2D eigenvalue weighted by molar-refractivity contribution is -0.140. The fourth-order valence-electron chi connectivity index (χ4n) is 13.2. The van der Waals surface area contributed by atoms with E-state index >= 15 is 4.79 Å². The number of aromatic nitrogens is 3. The maximum absolute atomic E-state index is 15.2. The van der Waals surface area contributed by atoms with Crippen molar-refractivity contribution in [3.63, 3.8) is 0 Å². The molecule has 5 amide bonds. The van der Waals surface area contributed by atoms with Crippen LogP contribution in [0.3, 0.4) is 0 Å². The zero-order chi connectivity index (χ0) is 47.8. The highest BCUT2D eigenvalue weighted by Gasteiger charge is 2.56. The normalized spacial score (nSPS) is 26.3. The van der Waals surface area contributed by atoms with E-state index in [0.29, 0.717) is 70.4 Å². The number of fused-ring (bicyclic) bond motifs is 3. The number of imidazole rings is 1. The predicted octanol–water partition coefficient (Wildman–Crippen LogP) is 6.76. The van der Waals surface area contributed by atoms with E-state index < -0.39 is 5.41 Å². The fourth-order valence-corrected chi connectivity index (χ4v) is 13.2. The Morgan fingerprint density at radius 1 is 0.771 bits per heavy atom. The fraction of sp³-hybridized carbons (Fsp3) is 0.582. The molecule has 8 heterocycles. The lowest BCUT2D eigenvalue weighted by Crippen LogP contribution is -2.58. The van der Waals surface area contributed by atoms with E-state index in [-0.39, 0.29) is 59.4 Å². The summed E-state index contributed by atoms with van der Waals surface area (Å²) in [5, 5.41) is 6.16. The molecular formula is C55H68N10O5. The minimum Gasteiger partial charge on any atom is -0.371 e. The summed E-state index contributed by atoms with van der Waals surface area (Å²) >= 11 is 0. The van der Waals surface area contributed by atoms with Gasteiger partial charge < -0.3 is 34.4 Å². The number of hydrogen-bond acceptors (Lipinski definition) is 10. The molecule has 8 aliphatic rings. The van der Waals surface area contributed by atoms with Crippen LogP contribution >= 0.6 is 0 Å². The van der Waals surface area contributed by atoms with Crippen LogP contribution in [0.4, 0.5) is 17.2 Å². The van der Waals surface area contributed by atoms with Crippen LogP contribution in [0.25, 0.3) is 22.3 Å². The van der Waals surface area contributed by atoms with Crippen LogP contribution in [-0.4, -0.2) is 129 Å². The summed E-state index contributed by atoms with van der Waals surface area (Å²) in [6, 6.07) is 18.0. The molecule has 2 aliphatic carbocycles. The lowest BCUT2D eigenvalue weighted by Gasteiger charge is -2.48. The molecule has 4 aromatic rings. The zero-order valence-corrected chi connectivity index (χ0v) is 40.9. The van der Waals surface area contributed by atoms with Crippen LogP contribution in [0.2, 0.25) is 0 Å². The molecule has 15 nitrogen and oxygen atoms in total. The first-order chi connectivity index (χ1) is 34.0. The van der Waals surface area contributed by atoms with E-state index in [0.717, 1.165) is 115 Å². The van der Waals surface area contributed by atoms with E-state index in [9.17, 15) is 19.2 Å². The summed E-state index contributed by atoms with van der Waals surface area (Å²) in [5.41, 5.74) is 7.18. The van der Waals surface area contributed by atoms with Gasteiger partial charge in [-0.1, -0.05) is 30.7 Å². The van der Waals surface area contributed by atoms with Gasteiger partial charge in [0, 0.05) is 92.7 Å². The number of rotatable bonds is 10. The summed E-state index contributed by atoms with van der Waals surface area (Å²) in [4.78, 5) is 88.6. The quantitative estimate of drug-likeness (QED) is 0.163. The van der Waals surface area contributed by atoms with Crippen molar-refractivity contribution in [2.24, 2.45) is 11.8 Å². The summed E-state index contributed by atoms with van der Waals surface area (Å²) in [6.07, 6.45) is 14.2. The molecule has 0 bridgehead atoms. The van der Waals surface area contributed by atoms with Crippen molar-refractivity contribution in [3.8, 4) is 11.3 Å². The van der Waals surface area contributed by atoms with E-state index in [2.05, 4.69) is 68.0 Å². The average molecular weight is 949 g/mol. The standard InChI is InChI=1S/C55H68N10O5/c1-34(2)64-33-56-46-31-45(58-50(49(46)64)57-39-9-10-39)37-8-14-44-47(28-37)65(42-29-41(30-42)60-21-4-3-5-22-60)54(70)55(44)19-26-62(27-20-55)53(69)38-18-25-63(32-38)52(68)36-16-23-61(24-17-36)40-11-6-35(7-12-40)43-13-15-48(66)59-51(43)67/h6-8,11-12,14,28,31,33-34,36,38-39,41-43H,3-5,9-10,13,15-27,29-30,32H2,1-2H3,(H,57,58)(H,59,66,67)/t38-,41-,42+,43?/m1/s1. The molecule has 12 rings (SSSR count). The van der Waals surface area contributed by atoms with Crippen molar-refractivity contribution in [2.75, 3.05) is 67.5 Å². The molecule has 1 unspecified atom stereocenters. The smallest absolute Gasteiger partial charge is 0.238 e. The summed E-state index contributed by atoms with van der Waals surface area (Å²) in [6.45, 7) is 10.2. The molecule has 70 heavy (non-hydrogen) atoms. The highest BCUT2D eigenvalue weighted by molar-refractivity contribution is 6.09. The SMILES string of the molecule is CC(C)n1cnc2cc(-c3ccc4c(c3)N([C@H]3C[C@@H](N5CCCCC5)C3)C(=O)C43CCN(C(=O)[C@@H]4CCN(C(=O)C5CCN(c6ccc(C7CCC(=O)NC7=O)cc6)CC5)C4)CC3)nc(NC3CC3)c21. The van der Waals surface area contributed by atoms with E-state index in [1.807, 2.05) is 40.4 Å². The van der Waals surface area contributed by atoms with Gasteiger partial charge in [-0.05, 0) is 139 Å². The number of imide groups is 1. The van der Waals surface area contributed by atoms with E-state index in [4.69, 9.17) is 9.97 Å². The third-order valence-electron chi connectivity index (χ3n) is 17.6. The molecule has 2 aromatic heterocycles. The first kappa shape index (κ1) is 45.3. The maximum atomic E-state index is 15.2. The van der Waals surface area contributed by atoms with Gasteiger partial charge in [0.1, 0.15) is 5.52 Å². The first-order valence-corrected chi connectivity index (χ1v) is 26.6. The molecule has 0 radical (unpaired) electrons. The maximum Gasteiger partial charge on any atom is 0.238 e. The number of nitrogens with zero attached hydrogens (tertiary/aromatic N) is 8. The monoisotopic (exact) mass is 949 g/mol. The molecule has 368 valence electrons. The van der Waals surface area contributed by atoms with Crippen molar-refractivity contribution in [3.05, 3.63) is 66.0 Å². The number of nitrogens with one attached hydrogen (secondary N) is 2. The second-order valence-corrected chi connectivity index (χ2v) is 22.2. The molecule has 2 aromatic carbocycles. The second kappa shape index (κ2) is 18.1. The molecule has 2 saturated carbocycles. The van der Waals surface area contributed by atoms with Gasteiger partial charge in [-0.3, -0.25) is 29.3 Å². The summed E-state index contributed by atoms with van der Waals surface area (Å²) < 4.78 is 2.20. The van der Waals surface area contributed by atoms with Crippen LogP contribution < -0.4 is 20.4 Å². The zero-order valence-electron chi connectivity index (χ0n) is 40.9. The lowest BCUT2D eigenvalue weighted by atomic mass is 9.73. The second-order valence-electron chi connectivity index (χ2n) is 22.2. The van der Waals surface area contributed by atoms with Crippen LogP contribution in [-0.2, 0) is 29.4 Å². The minimum absolute atomic E-state index is 0.0749. The number of amides is 5. The van der Waals surface area contributed by atoms with Crippen molar-refractivity contribution in [1.82, 2.24) is 34.6 Å². The molecular weight excluding hydrogens is 881 g/mol. The number of pyridine rings is 1. The van der Waals surface area contributed by atoms with Crippen LogP contribution in [0, 0.1) is 11.8 Å². The molecule has 1 spiro atoms. The number of anilines is 3. The minimum atomic E-state index is -0.685. The van der Waals surface area contributed by atoms with E-state index in [1.54, 1.807) is 0 Å². The first-order valence-electron chi connectivity index (χ1n) is 26.6. The summed E-state index contributed by atoms with van der Waals surface area (Å²) in [5.74, 6) is 0.272. The molecule has 2 atom stereocenters. The number of likely N-dealkylation sites (tertiary alicyclic amines) is 3. The Bertz CT molecular complexity index is 2700. The third kappa shape index (κ3) is 8.13. The van der Waals surface area contributed by atoms with Crippen LogP contribution in [0.1, 0.15) is 127 Å². The molecule has 5 saturated heterocycles. The van der Waals surface area contributed by atoms with Gasteiger partial charge in [0.15, 0.2) is 5.82 Å². The van der Waals surface area contributed by atoms with E-state index in [1.165, 1.54) is 19.3 Å². The number of carbonyl (C=O) groups excluding carboxylic acids is 5. The van der Waals surface area contributed by atoms with Gasteiger partial charge in [0.25, 0.3) is 0 Å². The molecule has 2 N–H and O–H groups in total. The number of hydrogen-bond donors (Lipinski definition) is 2. The number of piperidine rings is 4. The third-order valence-corrected chi connectivity index (χ3v) is 17.6. The molecule has 15 heteroatoms. The Balaban J connectivity index is 0.712. The largest absolute Gasteiger partial charge is 0.371 e.